The number of anilines is 1. The molecule has 3 aromatic rings. The van der Waals surface area contributed by atoms with Gasteiger partial charge in [-0.3, -0.25) is 14.4 Å². The highest BCUT2D eigenvalue weighted by molar-refractivity contribution is 6.31. The topological polar surface area (TPSA) is 102 Å². The molecule has 9 heteroatoms. The number of rotatable bonds is 9. The van der Waals surface area contributed by atoms with Gasteiger partial charge in [0.15, 0.2) is 6.61 Å². The van der Waals surface area contributed by atoms with Crippen LogP contribution in [0.2, 0.25) is 5.02 Å². The van der Waals surface area contributed by atoms with Crippen molar-refractivity contribution in [3.05, 3.63) is 82.5 Å². The fourth-order valence-electron chi connectivity index (χ4n) is 2.95. The third-order valence-electron chi connectivity index (χ3n) is 4.63. The quantitative estimate of drug-likeness (QED) is 0.483. The van der Waals surface area contributed by atoms with Crippen LogP contribution in [0.5, 0.6) is 0 Å². The van der Waals surface area contributed by atoms with Crippen molar-refractivity contribution in [2.75, 3.05) is 18.5 Å². The Labute approximate surface area is 190 Å². The van der Waals surface area contributed by atoms with Gasteiger partial charge < -0.3 is 15.4 Å². The van der Waals surface area contributed by atoms with Crippen molar-refractivity contribution >= 4 is 35.2 Å². The lowest BCUT2D eigenvalue weighted by Gasteiger charge is -2.11. The second kappa shape index (κ2) is 11.1. The molecule has 0 aliphatic heterocycles. The fraction of sp³-hybridized carbons (Fsp3) is 0.217. The number of nitrogens with zero attached hydrogens (tertiary/aromatic N) is 2. The maximum atomic E-state index is 12.2. The summed E-state index contributed by atoms with van der Waals surface area (Å²) in [6.45, 7) is 1.88. The van der Waals surface area contributed by atoms with E-state index in [0.29, 0.717) is 22.9 Å². The Morgan fingerprint density at radius 3 is 2.59 bits per heavy atom. The normalized spacial score (nSPS) is 10.4. The molecule has 0 aliphatic carbocycles. The predicted molar refractivity (Wildman–Crippen MR) is 120 cm³/mol. The summed E-state index contributed by atoms with van der Waals surface area (Å²) in [6.07, 6.45) is 1.50. The van der Waals surface area contributed by atoms with E-state index < -0.39 is 18.5 Å². The van der Waals surface area contributed by atoms with Crippen LogP contribution in [0.25, 0.3) is 0 Å². The highest BCUT2D eigenvalue weighted by atomic mass is 35.5. The molecule has 0 fully saturated rings. The molecule has 0 aliphatic rings. The number of ether oxygens (including phenoxy) is 1. The second-order valence-corrected chi connectivity index (χ2v) is 7.40. The van der Waals surface area contributed by atoms with Crippen LogP contribution in [0.15, 0.2) is 60.8 Å². The minimum atomic E-state index is -0.588. The smallest absolute Gasteiger partial charge is 0.308 e. The minimum absolute atomic E-state index is 0.0463. The van der Waals surface area contributed by atoms with Gasteiger partial charge in [0, 0.05) is 23.2 Å². The van der Waals surface area contributed by atoms with E-state index >= 15 is 0 Å². The summed E-state index contributed by atoms with van der Waals surface area (Å²) < 4.78 is 6.57. The molecule has 166 valence electrons. The molecule has 8 nitrogen and oxygen atoms in total. The van der Waals surface area contributed by atoms with Crippen LogP contribution in [0.3, 0.4) is 0 Å². The third-order valence-corrected chi connectivity index (χ3v) is 5.00. The third kappa shape index (κ3) is 6.42. The zero-order valence-electron chi connectivity index (χ0n) is 17.5. The van der Waals surface area contributed by atoms with E-state index in [0.717, 1.165) is 11.1 Å². The van der Waals surface area contributed by atoms with Crippen molar-refractivity contribution in [1.82, 2.24) is 15.1 Å². The maximum Gasteiger partial charge on any atom is 0.308 e. The average molecular weight is 455 g/mol. The Kier molecular flexibility index (Phi) is 7.99. The van der Waals surface area contributed by atoms with E-state index in [9.17, 15) is 14.4 Å². The zero-order chi connectivity index (χ0) is 22.9. The first-order chi connectivity index (χ1) is 15.4. The number of aryl methyl sites for hydroxylation is 1. The summed E-state index contributed by atoms with van der Waals surface area (Å²) in [6, 6.07) is 16.2. The van der Waals surface area contributed by atoms with Crippen LogP contribution < -0.4 is 10.6 Å². The molecular formula is C23H23ClN4O4. The largest absolute Gasteiger partial charge is 0.456 e. The Balaban J connectivity index is 1.41. The van der Waals surface area contributed by atoms with E-state index in [1.807, 2.05) is 37.3 Å². The Morgan fingerprint density at radius 2 is 1.81 bits per heavy atom. The van der Waals surface area contributed by atoms with Crippen molar-refractivity contribution < 1.29 is 19.1 Å². The van der Waals surface area contributed by atoms with Crippen LogP contribution in [0, 0.1) is 6.92 Å². The molecule has 2 amide bonds. The van der Waals surface area contributed by atoms with Crippen molar-refractivity contribution in [3.8, 4) is 0 Å². The number of aromatic nitrogens is 2. The molecule has 0 saturated heterocycles. The number of hydrogen-bond acceptors (Lipinski definition) is 5. The lowest BCUT2D eigenvalue weighted by Crippen LogP contribution is -2.28. The van der Waals surface area contributed by atoms with Gasteiger partial charge >= 0.3 is 5.97 Å². The van der Waals surface area contributed by atoms with E-state index in [1.54, 1.807) is 35.1 Å². The second-order valence-electron chi connectivity index (χ2n) is 7.00. The Morgan fingerprint density at radius 1 is 1.06 bits per heavy atom. The van der Waals surface area contributed by atoms with E-state index in [1.165, 1.54) is 0 Å². The highest BCUT2D eigenvalue weighted by Gasteiger charge is 2.13. The van der Waals surface area contributed by atoms with Crippen LogP contribution in [0.4, 0.5) is 5.82 Å². The molecule has 32 heavy (non-hydrogen) atoms. The molecule has 0 bridgehead atoms. The lowest BCUT2D eigenvalue weighted by atomic mass is 10.1. The van der Waals surface area contributed by atoms with Gasteiger partial charge in [0.2, 0.25) is 0 Å². The number of hydrogen-bond donors (Lipinski definition) is 2. The number of nitrogens with one attached hydrogen (secondary N) is 2. The number of benzene rings is 2. The molecular weight excluding hydrogens is 432 g/mol. The highest BCUT2D eigenvalue weighted by Crippen LogP contribution is 2.18. The first-order valence-electron chi connectivity index (χ1n) is 9.98. The zero-order valence-corrected chi connectivity index (χ0v) is 18.3. The number of carbonyl (C=O) groups excluding carboxylic acids is 3. The average Bonchev–Trinajstić information content (AvgIpc) is 3.20. The molecule has 0 spiro atoms. The van der Waals surface area contributed by atoms with Crippen molar-refractivity contribution in [1.29, 1.82) is 0 Å². The molecule has 1 heterocycles. The lowest BCUT2D eigenvalue weighted by molar-refractivity contribution is -0.147. The van der Waals surface area contributed by atoms with Gasteiger partial charge in [0.1, 0.15) is 5.82 Å². The van der Waals surface area contributed by atoms with Crippen molar-refractivity contribution in [2.24, 2.45) is 0 Å². The van der Waals surface area contributed by atoms with E-state index in [-0.39, 0.29) is 18.9 Å². The Hall–Kier alpha value is -3.65. The molecule has 0 radical (unpaired) electrons. The van der Waals surface area contributed by atoms with Gasteiger partial charge in [-0.1, -0.05) is 48.0 Å². The van der Waals surface area contributed by atoms with E-state index in [2.05, 4.69) is 15.7 Å². The van der Waals surface area contributed by atoms with Crippen molar-refractivity contribution in [3.63, 3.8) is 0 Å². The van der Waals surface area contributed by atoms with Gasteiger partial charge in [0.25, 0.3) is 11.8 Å². The molecule has 0 saturated carbocycles. The van der Waals surface area contributed by atoms with Crippen LogP contribution in [0.1, 0.15) is 27.9 Å². The molecule has 2 N–H and O–H groups in total. The summed E-state index contributed by atoms with van der Waals surface area (Å²) in [5.74, 6) is -0.894. The maximum absolute atomic E-state index is 12.2. The summed E-state index contributed by atoms with van der Waals surface area (Å²) in [7, 11) is 0. The van der Waals surface area contributed by atoms with Gasteiger partial charge in [-0.25, -0.2) is 4.68 Å². The van der Waals surface area contributed by atoms with Gasteiger partial charge in [-0.05, 0) is 30.2 Å². The fourth-order valence-corrected chi connectivity index (χ4v) is 3.15. The summed E-state index contributed by atoms with van der Waals surface area (Å²) in [5, 5.41) is 10.1. The van der Waals surface area contributed by atoms with Gasteiger partial charge in [-0.2, -0.15) is 5.10 Å². The minimum Gasteiger partial charge on any atom is -0.456 e. The summed E-state index contributed by atoms with van der Waals surface area (Å²) >= 11 is 6.18. The predicted octanol–water partition coefficient (Wildman–Crippen LogP) is 3.20. The number of halogens is 1. The van der Waals surface area contributed by atoms with Crippen LogP contribution in [-0.4, -0.2) is 40.7 Å². The van der Waals surface area contributed by atoms with Crippen molar-refractivity contribution in [2.45, 2.75) is 19.9 Å². The standard InChI is InChI=1S/C23H23ClN4O4/c1-16-6-2-4-8-18(16)23(31)25-12-11-22(30)32-15-21(29)27-20-10-13-26-28(20)14-17-7-3-5-9-19(17)24/h2-10,13H,11-12,14-15H2,1H3,(H,25,31)(H,27,29). The number of amides is 2. The number of carbonyl (C=O) groups is 3. The monoisotopic (exact) mass is 454 g/mol. The SMILES string of the molecule is Cc1ccccc1C(=O)NCCC(=O)OCC(=O)Nc1ccnn1Cc1ccccc1Cl. The Bertz CT molecular complexity index is 1110. The van der Waals surface area contributed by atoms with Crippen LogP contribution >= 0.6 is 11.6 Å². The number of esters is 1. The molecule has 3 rings (SSSR count). The molecule has 0 atom stereocenters. The molecule has 0 unspecified atom stereocenters. The molecule has 2 aromatic carbocycles. The summed E-state index contributed by atoms with van der Waals surface area (Å²) in [5.41, 5.74) is 2.25. The first-order valence-corrected chi connectivity index (χ1v) is 10.4. The molecule has 1 aromatic heterocycles. The van der Waals surface area contributed by atoms with Gasteiger partial charge in [0.05, 0.1) is 19.2 Å². The van der Waals surface area contributed by atoms with E-state index in [4.69, 9.17) is 16.3 Å². The summed E-state index contributed by atoms with van der Waals surface area (Å²) in [4.78, 5) is 36.2. The first kappa shape index (κ1) is 23.0. The van der Waals surface area contributed by atoms with Crippen LogP contribution in [-0.2, 0) is 20.9 Å². The van der Waals surface area contributed by atoms with Gasteiger partial charge in [-0.15, -0.1) is 0 Å².